The van der Waals surface area contributed by atoms with Gasteiger partial charge in [0.15, 0.2) is 18.1 Å². The van der Waals surface area contributed by atoms with Gasteiger partial charge in [0.2, 0.25) is 0 Å². The fourth-order valence-electron chi connectivity index (χ4n) is 2.70. The molecule has 1 aliphatic carbocycles. The van der Waals surface area contributed by atoms with Gasteiger partial charge >= 0.3 is 5.97 Å². The van der Waals surface area contributed by atoms with Crippen LogP contribution in [0, 0.1) is 10.1 Å². The van der Waals surface area contributed by atoms with E-state index < -0.39 is 23.4 Å². The second kappa shape index (κ2) is 9.12. The van der Waals surface area contributed by atoms with E-state index in [1.54, 1.807) is 18.2 Å². The number of carbonyl (C=O) groups excluding carboxylic acids is 2. The second-order valence-corrected chi connectivity index (χ2v) is 6.60. The average molecular weight is 415 g/mol. The van der Waals surface area contributed by atoms with Crippen LogP contribution in [0.15, 0.2) is 36.4 Å². The summed E-state index contributed by atoms with van der Waals surface area (Å²) in [5.74, 6) is -0.474. The van der Waals surface area contributed by atoms with E-state index >= 15 is 0 Å². The Kier molecular flexibility index (Phi) is 6.35. The number of nitrogens with one attached hydrogen (secondary N) is 2. The lowest BCUT2D eigenvalue weighted by molar-refractivity contribution is -0.384. The molecule has 1 fully saturated rings. The van der Waals surface area contributed by atoms with Crippen LogP contribution in [0.2, 0.25) is 0 Å². The molecule has 2 aromatic carbocycles. The van der Waals surface area contributed by atoms with Crippen LogP contribution in [0.1, 0.15) is 23.2 Å². The summed E-state index contributed by atoms with van der Waals surface area (Å²) < 4.78 is 15.3. The van der Waals surface area contributed by atoms with Crippen molar-refractivity contribution in [2.75, 3.05) is 31.5 Å². The van der Waals surface area contributed by atoms with Gasteiger partial charge in [-0.25, -0.2) is 4.79 Å². The smallest absolute Gasteiger partial charge is 0.338 e. The summed E-state index contributed by atoms with van der Waals surface area (Å²) in [5, 5.41) is 16.9. The minimum absolute atomic E-state index is 0.0121. The number of ether oxygens (including phenoxy) is 3. The number of hydrogen-bond donors (Lipinski definition) is 2. The first-order valence-electron chi connectivity index (χ1n) is 9.15. The summed E-state index contributed by atoms with van der Waals surface area (Å²) in [6.07, 6.45) is 1.91. The zero-order valence-electron chi connectivity index (χ0n) is 16.5. The van der Waals surface area contributed by atoms with Crippen LogP contribution in [0.3, 0.4) is 0 Å². The van der Waals surface area contributed by atoms with Crippen molar-refractivity contribution in [2.24, 2.45) is 0 Å². The summed E-state index contributed by atoms with van der Waals surface area (Å²) >= 11 is 0. The maximum absolute atomic E-state index is 12.2. The third-order valence-corrected chi connectivity index (χ3v) is 4.37. The van der Waals surface area contributed by atoms with Crippen molar-refractivity contribution in [3.05, 3.63) is 52.1 Å². The molecule has 30 heavy (non-hydrogen) atoms. The van der Waals surface area contributed by atoms with E-state index in [-0.39, 0.29) is 17.3 Å². The molecular formula is C20H21N3O7. The molecule has 3 rings (SSSR count). The van der Waals surface area contributed by atoms with Gasteiger partial charge in [-0.1, -0.05) is 0 Å². The van der Waals surface area contributed by atoms with Gasteiger partial charge in [-0.15, -0.1) is 0 Å². The van der Waals surface area contributed by atoms with E-state index in [1.165, 1.54) is 26.4 Å². The molecule has 0 unspecified atom stereocenters. The van der Waals surface area contributed by atoms with Gasteiger partial charge in [-0.3, -0.25) is 14.9 Å². The minimum atomic E-state index is -0.835. The third-order valence-electron chi connectivity index (χ3n) is 4.37. The standard InChI is InChI=1S/C20H21N3O7/c1-28-17-8-6-14(10-18(17)29-2)22-19(24)11-30-20(25)12-3-7-15(21-13-4-5-13)16(9-12)23(26)27/h3,6-10,13,21H,4-5,11H2,1-2H3,(H,22,24). The van der Waals surface area contributed by atoms with E-state index in [2.05, 4.69) is 10.6 Å². The highest BCUT2D eigenvalue weighted by atomic mass is 16.6. The molecule has 0 bridgehead atoms. The van der Waals surface area contributed by atoms with Crippen LogP contribution in [0.5, 0.6) is 11.5 Å². The lowest BCUT2D eigenvalue weighted by atomic mass is 10.1. The molecule has 158 valence electrons. The third kappa shape index (κ3) is 5.16. The zero-order valence-corrected chi connectivity index (χ0v) is 16.5. The molecule has 0 radical (unpaired) electrons. The van der Waals surface area contributed by atoms with Gasteiger partial charge in [-0.2, -0.15) is 0 Å². The number of hydrogen-bond acceptors (Lipinski definition) is 8. The number of methoxy groups -OCH3 is 2. The Morgan fingerprint density at radius 1 is 1.10 bits per heavy atom. The molecule has 2 aromatic rings. The highest BCUT2D eigenvalue weighted by Crippen LogP contribution is 2.32. The minimum Gasteiger partial charge on any atom is -0.493 e. The van der Waals surface area contributed by atoms with E-state index in [0.29, 0.717) is 22.9 Å². The van der Waals surface area contributed by atoms with Crippen molar-refractivity contribution in [1.82, 2.24) is 0 Å². The second-order valence-electron chi connectivity index (χ2n) is 6.60. The quantitative estimate of drug-likeness (QED) is 0.363. The zero-order chi connectivity index (χ0) is 21.7. The Morgan fingerprint density at radius 2 is 1.83 bits per heavy atom. The van der Waals surface area contributed by atoms with E-state index in [9.17, 15) is 19.7 Å². The highest BCUT2D eigenvalue weighted by molar-refractivity contribution is 5.96. The Balaban J connectivity index is 1.60. The lowest BCUT2D eigenvalue weighted by Gasteiger charge is -2.11. The van der Waals surface area contributed by atoms with Crippen molar-refractivity contribution in [2.45, 2.75) is 18.9 Å². The molecule has 1 saturated carbocycles. The van der Waals surface area contributed by atoms with Crippen LogP contribution in [-0.4, -0.2) is 43.7 Å². The monoisotopic (exact) mass is 415 g/mol. The van der Waals surface area contributed by atoms with Gasteiger partial charge in [0.1, 0.15) is 5.69 Å². The molecule has 1 amide bonds. The number of rotatable bonds is 9. The summed E-state index contributed by atoms with van der Waals surface area (Å²) in [6, 6.07) is 9.05. The maximum atomic E-state index is 12.2. The van der Waals surface area contributed by atoms with E-state index in [0.717, 1.165) is 18.9 Å². The van der Waals surface area contributed by atoms with Gasteiger partial charge in [0.05, 0.1) is 24.7 Å². The molecule has 10 heteroatoms. The number of nitro benzene ring substituents is 1. The Bertz CT molecular complexity index is 973. The predicted molar refractivity (Wildman–Crippen MR) is 108 cm³/mol. The van der Waals surface area contributed by atoms with Gasteiger partial charge in [0.25, 0.3) is 11.6 Å². The number of amides is 1. The molecular weight excluding hydrogens is 394 g/mol. The van der Waals surface area contributed by atoms with Crippen LogP contribution < -0.4 is 20.1 Å². The topological polar surface area (TPSA) is 129 Å². The summed E-state index contributed by atoms with van der Waals surface area (Å²) in [5.41, 5.74) is 0.554. The fourth-order valence-corrected chi connectivity index (χ4v) is 2.70. The average Bonchev–Trinajstić information content (AvgIpc) is 3.56. The Labute approximate surface area is 172 Å². The summed E-state index contributed by atoms with van der Waals surface area (Å²) in [7, 11) is 2.96. The SMILES string of the molecule is COc1ccc(NC(=O)COC(=O)c2ccc(NC3CC3)c([N+](=O)[O-])c2)cc1OC. The molecule has 0 aliphatic heterocycles. The first-order chi connectivity index (χ1) is 14.4. The first kappa shape index (κ1) is 20.9. The van der Waals surface area contributed by atoms with Crippen molar-refractivity contribution < 1.29 is 28.7 Å². The van der Waals surface area contributed by atoms with Crippen molar-refractivity contribution >= 4 is 28.9 Å². The number of esters is 1. The van der Waals surface area contributed by atoms with Gasteiger partial charge in [0, 0.05) is 23.9 Å². The molecule has 0 heterocycles. The normalized spacial score (nSPS) is 12.6. The van der Waals surface area contributed by atoms with Gasteiger partial charge in [-0.05, 0) is 37.1 Å². The van der Waals surface area contributed by atoms with E-state index in [4.69, 9.17) is 14.2 Å². The van der Waals surface area contributed by atoms with Crippen LogP contribution in [0.25, 0.3) is 0 Å². The number of nitrogens with zero attached hydrogens (tertiary/aromatic N) is 1. The number of benzene rings is 2. The van der Waals surface area contributed by atoms with Crippen LogP contribution >= 0.6 is 0 Å². The van der Waals surface area contributed by atoms with Crippen molar-refractivity contribution in [3.8, 4) is 11.5 Å². The molecule has 1 aliphatic rings. The number of nitro groups is 1. The molecule has 0 spiro atoms. The molecule has 10 nitrogen and oxygen atoms in total. The Morgan fingerprint density at radius 3 is 2.47 bits per heavy atom. The van der Waals surface area contributed by atoms with Crippen LogP contribution in [-0.2, 0) is 9.53 Å². The molecule has 0 atom stereocenters. The van der Waals surface area contributed by atoms with Crippen molar-refractivity contribution in [1.29, 1.82) is 0 Å². The van der Waals surface area contributed by atoms with Crippen molar-refractivity contribution in [3.63, 3.8) is 0 Å². The fraction of sp³-hybridized carbons (Fsp3) is 0.300. The largest absolute Gasteiger partial charge is 0.493 e. The van der Waals surface area contributed by atoms with E-state index in [1.807, 2.05) is 0 Å². The highest BCUT2D eigenvalue weighted by Gasteiger charge is 2.26. The number of anilines is 2. The first-order valence-corrected chi connectivity index (χ1v) is 9.15. The number of carbonyl (C=O) groups is 2. The summed E-state index contributed by atoms with van der Waals surface area (Å²) in [6.45, 7) is -0.553. The molecule has 2 N–H and O–H groups in total. The Hall–Kier alpha value is -3.82. The van der Waals surface area contributed by atoms with Gasteiger partial charge < -0.3 is 24.8 Å². The lowest BCUT2D eigenvalue weighted by Crippen LogP contribution is -2.21. The molecule has 0 saturated heterocycles. The maximum Gasteiger partial charge on any atom is 0.338 e. The predicted octanol–water partition coefficient (Wildman–Crippen LogP) is 2.98. The summed E-state index contributed by atoms with van der Waals surface area (Å²) in [4.78, 5) is 35.0. The van der Waals surface area contributed by atoms with Crippen LogP contribution in [0.4, 0.5) is 17.1 Å². The molecule has 0 aromatic heterocycles.